The molecule has 0 unspecified atom stereocenters. The second-order valence-corrected chi connectivity index (χ2v) is 6.92. The number of rotatable bonds is 6. The minimum atomic E-state index is -0.324. The molecule has 0 fully saturated rings. The van der Waals surface area contributed by atoms with Crippen LogP contribution >= 0.6 is 11.3 Å². The van der Waals surface area contributed by atoms with Crippen molar-refractivity contribution in [1.82, 2.24) is 0 Å². The molecule has 5 heteroatoms. The Morgan fingerprint density at radius 3 is 2.75 bits per heavy atom. The number of fused-ring (bicyclic) bond motifs is 1. The molecule has 1 amide bonds. The third kappa shape index (κ3) is 3.67. The van der Waals surface area contributed by atoms with Crippen molar-refractivity contribution in [3.63, 3.8) is 0 Å². The quantitative estimate of drug-likeness (QED) is 0.807. The van der Waals surface area contributed by atoms with Gasteiger partial charge in [0.2, 0.25) is 5.91 Å². The number of nitrogens with one attached hydrogen (secondary N) is 1. The van der Waals surface area contributed by atoms with Gasteiger partial charge in [0.15, 0.2) is 0 Å². The molecule has 1 N–H and O–H groups in total. The zero-order chi connectivity index (χ0) is 16.9. The van der Waals surface area contributed by atoms with Gasteiger partial charge in [-0.3, -0.25) is 4.79 Å². The summed E-state index contributed by atoms with van der Waals surface area (Å²) in [5.74, 6) is -0.389. The fraction of sp³-hybridized carbons (Fsp3) is 0.368. The fourth-order valence-corrected chi connectivity index (χ4v) is 4.30. The Hall–Kier alpha value is -2.14. The van der Waals surface area contributed by atoms with E-state index in [4.69, 9.17) is 4.74 Å². The molecule has 0 saturated heterocycles. The number of aryl methyl sites for hydroxylation is 2. The van der Waals surface area contributed by atoms with E-state index in [-0.39, 0.29) is 11.9 Å². The average Bonchev–Trinajstić information content (AvgIpc) is 3.14. The van der Waals surface area contributed by atoms with Crippen LogP contribution in [0.5, 0.6) is 0 Å². The number of esters is 1. The molecule has 2 aromatic rings. The molecule has 24 heavy (non-hydrogen) atoms. The Bertz CT molecular complexity index is 737. The third-order valence-corrected chi connectivity index (χ3v) is 5.34. The van der Waals surface area contributed by atoms with E-state index in [0.717, 1.165) is 30.4 Å². The van der Waals surface area contributed by atoms with Crippen molar-refractivity contribution in [1.29, 1.82) is 0 Å². The maximum atomic E-state index is 12.3. The molecular formula is C19H21NO3S. The minimum Gasteiger partial charge on any atom is -0.462 e. The van der Waals surface area contributed by atoms with Crippen molar-refractivity contribution in [3.05, 3.63) is 51.9 Å². The topological polar surface area (TPSA) is 55.4 Å². The first-order chi connectivity index (χ1) is 11.7. The van der Waals surface area contributed by atoms with Crippen LogP contribution in [0.15, 0.2) is 30.3 Å². The van der Waals surface area contributed by atoms with Gasteiger partial charge in [-0.1, -0.05) is 30.3 Å². The highest BCUT2D eigenvalue weighted by atomic mass is 32.1. The van der Waals surface area contributed by atoms with Crippen LogP contribution in [0.4, 0.5) is 5.00 Å². The summed E-state index contributed by atoms with van der Waals surface area (Å²) in [5, 5.41) is 3.58. The second-order valence-electron chi connectivity index (χ2n) is 5.82. The molecule has 0 aliphatic heterocycles. The predicted octanol–water partition coefficient (Wildman–Crippen LogP) is 3.98. The summed E-state index contributed by atoms with van der Waals surface area (Å²) in [4.78, 5) is 25.8. The number of hydrogen-bond donors (Lipinski definition) is 1. The van der Waals surface area contributed by atoms with Crippen molar-refractivity contribution in [2.24, 2.45) is 0 Å². The summed E-state index contributed by atoms with van der Waals surface area (Å²) in [6.45, 7) is 2.13. The highest BCUT2D eigenvalue weighted by Crippen LogP contribution is 2.39. The summed E-state index contributed by atoms with van der Waals surface area (Å²) in [6, 6.07) is 9.92. The number of anilines is 1. The SMILES string of the molecule is CCOC(=O)c1c(NC(=O)CCc2ccccc2)sc2c1CCC2. The van der Waals surface area contributed by atoms with E-state index in [0.29, 0.717) is 30.0 Å². The zero-order valence-corrected chi connectivity index (χ0v) is 14.6. The molecule has 0 bridgehead atoms. The van der Waals surface area contributed by atoms with Crippen molar-refractivity contribution >= 4 is 28.2 Å². The lowest BCUT2D eigenvalue weighted by Gasteiger charge is -2.08. The highest BCUT2D eigenvalue weighted by Gasteiger charge is 2.28. The molecule has 0 radical (unpaired) electrons. The minimum absolute atomic E-state index is 0.0654. The van der Waals surface area contributed by atoms with Crippen LogP contribution in [0.3, 0.4) is 0 Å². The summed E-state index contributed by atoms with van der Waals surface area (Å²) in [5.41, 5.74) is 2.77. The molecule has 1 aromatic carbocycles. The Labute approximate surface area is 145 Å². The van der Waals surface area contributed by atoms with Crippen molar-refractivity contribution in [2.75, 3.05) is 11.9 Å². The number of benzene rings is 1. The van der Waals surface area contributed by atoms with Crippen molar-refractivity contribution in [2.45, 2.75) is 39.0 Å². The fourth-order valence-electron chi connectivity index (χ4n) is 3.00. The van der Waals surface area contributed by atoms with Gasteiger partial charge in [-0.15, -0.1) is 11.3 Å². The number of ether oxygens (including phenoxy) is 1. The lowest BCUT2D eigenvalue weighted by atomic mass is 10.1. The molecule has 0 atom stereocenters. The van der Waals surface area contributed by atoms with E-state index in [1.54, 1.807) is 6.92 Å². The summed E-state index contributed by atoms with van der Waals surface area (Å²) < 4.78 is 5.18. The van der Waals surface area contributed by atoms with Gasteiger partial charge in [0.05, 0.1) is 12.2 Å². The van der Waals surface area contributed by atoms with Gasteiger partial charge in [0.25, 0.3) is 0 Å². The Morgan fingerprint density at radius 1 is 1.21 bits per heavy atom. The van der Waals surface area contributed by atoms with Crippen LogP contribution in [-0.4, -0.2) is 18.5 Å². The molecule has 126 valence electrons. The lowest BCUT2D eigenvalue weighted by molar-refractivity contribution is -0.116. The number of carbonyl (C=O) groups excluding carboxylic acids is 2. The molecule has 0 spiro atoms. The van der Waals surface area contributed by atoms with Crippen LogP contribution in [-0.2, 0) is 28.8 Å². The number of hydrogen-bond acceptors (Lipinski definition) is 4. The Balaban J connectivity index is 1.70. The monoisotopic (exact) mass is 343 g/mol. The molecule has 1 heterocycles. The van der Waals surface area contributed by atoms with Crippen LogP contribution in [0.2, 0.25) is 0 Å². The molecule has 4 nitrogen and oxygen atoms in total. The van der Waals surface area contributed by atoms with Gasteiger partial charge >= 0.3 is 5.97 Å². The zero-order valence-electron chi connectivity index (χ0n) is 13.8. The number of amides is 1. The first-order valence-electron chi connectivity index (χ1n) is 8.34. The standard InChI is InChI=1S/C19H21NO3S/c1-2-23-19(22)17-14-9-6-10-15(14)24-18(17)20-16(21)12-11-13-7-4-3-5-8-13/h3-5,7-8H,2,6,9-12H2,1H3,(H,20,21). The van der Waals surface area contributed by atoms with E-state index in [1.165, 1.54) is 16.2 Å². The van der Waals surface area contributed by atoms with Crippen molar-refractivity contribution in [3.8, 4) is 0 Å². The van der Waals surface area contributed by atoms with E-state index < -0.39 is 0 Å². The van der Waals surface area contributed by atoms with Crippen LogP contribution < -0.4 is 5.32 Å². The largest absolute Gasteiger partial charge is 0.462 e. The van der Waals surface area contributed by atoms with Crippen LogP contribution in [0.25, 0.3) is 0 Å². The third-order valence-electron chi connectivity index (χ3n) is 4.14. The van der Waals surface area contributed by atoms with Crippen LogP contribution in [0.1, 0.15) is 46.1 Å². The first kappa shape index (κ1) is 16.7. The summed E-state index contributed by atoms with van der Waals surface area (Å²) in [6.07, 6.45) is 4.02. The molecule has 1 aromatic heterocycles. The van der Waals surface area contributed by atoms with Gasteiger partial charge in [-0.2, -0.15) is 0 Å². The van der Waals surface area contributed by atoms with Crippen LogP contribution in [0, 0.1) is 0 Å². The Morgan fingerprint density at radius 2 is 2.00 bits per heavy atom. The molecule has 1 aliphatic carbocycles. The van der Waals surface area contributed by atoms with Gasteiger partial charge in [0.1, 0.15) is 5.00 Å². The van der Waals surface area contributed by atoms with Crippen molar-refractivity contribution < 1.29 is 14.3 Å². The van der Waals surface area contributed by atoms with E-state index in [1.807, 2.05) is 30.3 Å². The lowest BCUT2D eigenvalue weighted by Crippen LogP contribution is -2.15. The smallest absolute Gasteiger partial charge is 0.341 e. The Kier molecular flexibility index (Phi) is 5.30. The van der Waals surface area contributed by atoms with Gasteiger partial charge in [-0.05, 0) is 43.7 Å². The second kappa shape index (κ2) is 7.62. The van der Waals surface area contributed by atoms with E-state index in [9.17, 15) is 9.59 Å². The maximum absolute atomic E-state index is 12.3. The maximum Gasteiger partial charge on any atom is 0.341 e. The highest BCUT2D eigenvalue weighted by molar-refractivity contribution is 7.17. The average molecular weight is 343 g/mol. The van der Waals surface area contributed by atoms with Gasteiger partial charge in [-0.25, -0.2) is 4.79 Å². The number of thiophene rings is 1. The van der Waals surface area contributed by atoms with E-state index >= 15 is 0 Å². The number of carbonyl (C=O) groups is 2. The van der Waals surface area contributed by atoms with Gasteiger partial charge < -0.3 is 10.1 Å². The predicted molar refractivity (Wildman–Crippen MR) is 95.7 cm³/mol. The molecular weight excluding hydrogens is 322 g/mol. The molecule has 0 saturated carbocycles. The normalized spacial score (nSPS) is 12.7. The van der Waals surface area contributed by atoms with Gasteiger partial charge in [0, 0.05) is 11.3 Å². The molecule has 3 rings (SSSR count). The first-order valence-corrected chi connectivity index (χ1v) is 9.16. The molecule has 1 aliphatic rings. The summed E-state index contributed by atoms with van der Waals surface area (Å²) >= 11 is 1.52. The summed E-state index contributed by atoms with van der Waals surface area (Å²) in [7, 11) is 0. The van der Waals surface area contributed by atoms with E-state index in [2.05, 4.69) is 5.32 Å².